The molecule has 4 aliphatic rings. The quantitative estimate of drug-likeness (QED) is 0.566. The lowest BCUT2D eigenvalue weighted by atomic mass is 9.48. The minimum atomic E-state index is -0.448. The molecule has 0 radical (unpaired) electrons. The molecule has 0 bridgehead atoms. The smallest absolute Gasteiger partial charge is 0.303 e. The molecule has 2 fully saturated rings. The third-order valence-corrected chi connectivity index (χ3v) is 7.89. The summed E-state index contributed by atoms with van der Waals surface area (Å²) in [6, 6.07) is 0. The van der Waals surface area contributed by atoms with Gasteiger partial charge in [0.2, 0.25) is 0 Å². The van der Waals surface area contributed by atoms with Crippen molar-refractivity contribution in [1.82, 2.24) is 0 Å². The minimum Gasteiger partial charge on any atom is -0.458 e. The van der Waals surface area contributed by atoms with Crippen molar-refractivity contribution < 1.29 is 19.7 Å². The van der Waals surface area contributed by atoms with E-state index in [9.17, 15) is 15.0 Å². The molecule has 4 aliphatic carbocycles. The lowest BCUT2D eigenvalue weighted by Gasteiger charge is -2.57. The summed E-state index contributed by atoms with van der Waals surface area (Å²) < 4.78 is 5.78. The third-order valence-electron chi connectivity index (χ3n) is 7.89. The Balaban J connectivity index is 1.79. The number of aliphatic hydroxyl groups excluding tert-OH is 2. The fraction of sp³-hybridized carbons (Fsp3) is 0.762. The first-order valence-corrected chi connectivity index (χ1v) is 9.69. The summed E-state index contributed by atoms with van der Waals surface area (Å²) in [6.07, 6.45) is 9.81. The van der Waals surface area contributed by atoms with E-state index in [1.165, 1.54) is 12.5 Å². The molecule has 0 aromatic rings. The number of fused-ring (bicyclic) bond motifs is 5. The Labute approximate surface area is 149 Å². The molecular weight excluding hydrogens is 316 g/mol. The molecule has 0 spiro atoms. The van der Waals surface area contributed by atoms with Gasteiger partial charge in [-0.2, -0.15) is 0 Å². The molecule has 0 unspecified atom stereocenters. The SMILES string of the molecule is CC(=O)O[C@H]1C=C2C[C@@H](O)C=C[C@]2(C)[C@H]2CC[C@]3(C)[C@@H](O)CC[C@H]3[C@H]12. The van der Waals surface area contributed by atoms with E-state index in [0.717, 1.165) is 25.7 Å². The van der Waals surface area contributed by atoms with Crippen molar-refractivity contribution in [1.29, 1.82) is 0 Å². The summed E-state index contributed by atoms with van der Waals surface area (Å²) >= 11 is 0. The zero-order valence-electron chi connectivity index (χ0n) is 15.4. The summed E-state index contributed by atoms with van der Waals surface area (Å²) in [5.74, 6) is 0.764. The molecule has 4 nitrogen and oxygen atoms in total. The number of allylic oxidation sites excluding steroid dienone is 1. The van der Waals surface area contributed by atoms with Crippen LogP contribution in [0.15, 0.2) is 23.8 Å². The Morgan fingerprint density at radius 2 is 1.96 bits per heavy atom. The third kappa shape index (κ3) is 2.44. The van der Waals surface area contributed by atoms with Crippen LogP contribution >= 0.6 is 0 Å². The Morgan fingerprint density at radius 1 is 1.20 bits per heavy atom. The van der Waals surface area contributed by atoms with E-state index >= 15 is 0 Å². The van der Waals surface area contributed by atoms with Gasteiger partial charge in [0.25, 0.3) is 0 Å². The first kappa shape index (κ1) is 17.3. The van der Waals surface area contributed by atoms with Crippen LogP contribution in [0.1, 0.15) is 52.9 Å². The van der Waals surface area contributed by atoms with Gasteiger partial charge in [0.15, 0.2) is 0 Å². The zero-order chi connectivity index (χ0) is 18.0. The summed E-state index contributed by atoms with van der Waals surface area (Å²) in [5, 5.41) is 20.7. The maximum Gasteiger partial charge on any atom is 0.303 e. The second-order valence-corrected chi connectivity index (χ2v) is 9.11. The molecule has 25 heavy (non-hydrogen) atoms. The second kappa shape index (κ2) is 5.68. The van der Waals surface area contributed by atoms with Crippen LogP contribution in [0.4, 0.5) is 0 Å². The average Bonchev–Trinajstić information content (AvgIpc) is 2.84. The van der Waals surface area contributed by atoms with Gasteiger partial charge in [0, 0.05) is 18.3 Å². The topological polar surface area (TPSA) is 66.8 Å². The van der Waals surface area contributed by atoms with Gasteiger partial charge in [0.05, 0.1) is 12.2 Å². The van der Waals surface area contributed by atoms with Gasteiger partial charge in [-0.05, 0) is 55.4 Å². The fourth-order valence-corrected chi connectivity index (χ4v) is 6.48. The Morgan fingerprint density at radius 3 is 2.68 bits per heavy atom. The van der Waals surface area contributed by atoms with E-state index in [-0.39, 0.29) is 34.9 Å². The minimum absolute atomic E-state index is 0.0703. The Bertz CT molecular complexity index is 638. The summed E-state index contributed by atoms with van der Waals surface area (Å²) in [5.41, 5.74) is 1.06. The maximum absolute atomic E-state index is 11.8. The highest BCUT2D eigenvalue weighted by molar-refractivity contribution is 5.66. The highest BCUT2D eigenvalue weighted by atomic mass is 16.5. The number of hydrogen-bond donors (Lipinski definition) is 2. The van der Waals surface area contributed by atoms with E-state index in [2.05, 4.69) is 26.0 Å². The van der Waals surface area contributed by atoms with Gasteiger partial charge in [-0.25, -0.2) is 0 Å². The summed E-state index contributed by atoms with van der Waals surface area (Å²) in [7, 11) is 0. The van der Waals surface area contributed by atoms with Crippen LogP contribution in [0.5, 0.6) is 0 Å². The van der Waals surface area contributed by atoms with Crippen molar-refractivity contribution in [3.05, 3.63) is 23.8 Å². The van der Waals surface area contributed by atoms with Crippen LogP contribution in [0.3, 0.4) is 0 Å². The van der Waals surface area contributed by atoms with Gasteiger partial charge in [-0.1, -0.05) is 31.6 Å². The number of aliphatic hydroxyl groups is 2. The van der Waals surface area contributed by atoms with Gasteiger partial charge in [-0.3, -0.25) is 4.79 Å². The Kier molecular flexibility index (Phi) is 3.93. The highest BCUT2D eigenvalue weighted by Gasteiger charge is 2.60. The van der Waals surface area contributed by atoms with Crippen LogP contribution in [-0.4, -0.2) is 34.5 Å². The number of carbonyl (C=O) groups is 1. The van der Waals surface area contributed by atoms with Crippen molar-refractivity contribution >= 4 is 5.97 Å². The predicted molar refractivity (Wildman–Crippen MR) is 94.6 cm³/mol. The number of esters is 1. The number of ether oxygens (including phenoxy) is 1. The fourth-order valence-electron chi connectivity index (χ4n) is 6.48. The molecule has 0 saturated heterocycles. The molecule has 2 N–H and O–H groups in total. The second-order valence-electron chi connectivity index (χ2n) is 9.11. The number of carbonyl (C=O) groups excluding carboxylic acids is 1. The van der Waals surface area contributed by atoms with Crippen molar-refractivity contribution in [2.75, 3.05) is 0 Å². The summed E-state index contributed by atoms with van der Waals surface area (Å²) in [6.45, 7) is 5.97. The average molecular weight is 346 g/mol. The standard InChI is InChI=1S/C21H30O4/c1-12(22)25-17-11-13-10-14(23)6-8-20(13,2)16-7-9-21(3)15(19(16)17)4-5-18(21)24/h6,8,11,14-19,23-24H,4-5,7,9-10H2,1-3H3/t14-,15-,16-,17-,18-,19-,20-,21-/m0/s1. The van der Waals surface area contributed by atoms with Crippen LogP contribution in [0, 0.1) is 28.6 Å². The van der Waals surface area contributed by atoms with Gasteiger partial charge < -0.3 is 14.9 Å². The Hall–Kier alpha value is -1.13. The van der Waals surface area contributed by atoms with Crippen molar-refractivity contribution in [2.45, 2.75) is 71.2 Å². The molecule has 0 aliphatic heterocycles. The molecule has 8 atom stereocenters. The maximum atomic E-state index is 11.8. The van der Waals surface area contributed by atoms with Crippen LogP contribution in [-0.2, 0) is 9.53 Å². The molecule has 2 saturated carbocycles. The van der Waals surface area contributed by atoms with E-state index in [1.807, 2.05) is 6.08 Å². The van der Waals surface area contributed by atoms with Crippen LogP contribution < -0.4 is 0 Å². The first-order valence-electron chi connectivity index (χ1n) is 9.69. The number of rotatable bonds is 1. The molecule has 4 heteroatoms. The molecule has 138 valence electrons. The first-order chi connectivity index (χ1) is 11.8. The molecule has 4 rings (SSSR count). The highest BCUT2D eigenvalue weighted by Crippen LogP contribution is 2.64. The van der Waals surface area contributed by atoms with Crippen LogP contribution in [0.25, 0.3) is 0 Å². The van der Waals surface area contributed by atoms with E-state index in [0.29, 0.717) is 18.3 Å². The van der Waals surface area contributed by atoms with Gasteiger partial charge >= 0.3 is 5.97 Å². The lowest BCUT2D eigenvalue weighted by molar-refractivity contribution is -0.156. The molecular formula is C21H30O4. The van der Waals surface area contributed by atoms with Crippen LogP contribution in [0.2, 0.25) is 0 Å². The normalized spacial score (nSPS) is 51.2. The molecule has 0 aromatic heterocycles. The molecule has 0 aromatic carbocycles. The van der Waals surface area contributed by atoms with Gasteiger partial charge in [0.1, 0.15) is 6.10 Å². The van der Waals surface area contributed by atoms with Gasteiger partial charge in [-0.15, -0.1) is 0 Å². The van der Waals surface area contributed by atoms with Crippen molar-refractivity contribution in [2.24, 2.45) is 28.6 Å². The van der Waals surface area contributed by atoms with Crippen molar-refractivity contribution in [3.8, 4) is 0 Å². The zero-order valence-corrected chi connectivity index (χ0v) is 15.4. The lowest BCUT2D eigenvalue weighted by Crippen LogP contribution is -2.55. The molecule has 0 heterocycles. The number of hydrogen-bond acceptors (Lipinski definition) is 4. The largest absolute Gasteiger partial charge is 0.458 e. The summed E-state index contributed by atoms with van der Waals surface area (Å²) in [4.78, 5) is 11.8. The van der Waals surface area contributed by atoms with Crippen molar-refractivity contribution in [3.63, 3.8) is 0 Å². The van der Waals surface area contributed by atoms with E-state index in [1.54, 1.807) is 0 Å². The van der Waals surface area contributed by atoms with E-state index < -0.39 is 6.10 Å². The molecule has 0 amide bonds. The van der Waals surface area contributed by atoms with E-state index in [4.69, 9.17) is 4.74 Å². The monoisotopic (exact) mass is 346 g/mol. The predicted octanol–water partition coefficient (Wildman–Crippen LogP) is 2.99.